The van der Waals surface area contributed by atoms with Crippen LogP contribution >= 0.6 is 0 Å². The predicted molar refractivity (Wildman–Crippen MR) is 124 cm³/mol. The van der Waals surface area contributed by atoms with Gasteiger partial charge in [-0.15, -0.1) is 0 Å². The van der Waals surface area contributed by atoms with E-state index in [1.807, 2.05) is 43.3 Å². The quantitative estimate of drug-likeness (QED) is 0.660. The summed E-state index contributed by atoms with van der Waals surface area (Å²) in [4.78, 5) is 38.7. The average Bonchev–Trinajstić information content (AvgIpc) is 3.14. The zero-order valence-corrected chi connectivity index (χ0v) is 18.8. The summed E-state index contributed by atoms with van der Waals surface area (Å²) in [6.45, 7) is 2.74. The fourth-order valence-corrected chi connectivity index (χ4v) is 4.93. The molecule has 2 aromatic rings. The second kappa shape index (κ2) is 10.1. The number of nitrogens with zero attached hydrogens (tertiary/aromatic N) is 1. The van der Waals surface area contributed by atoms with Gasteiger partial charge in [0, 0.05) is 24.9 Å². The molecule has 1 aliphatic carbocycles. The third-order valence-corrected chi connectivity index (χ3v) is 6.67. The van der Waals surface area contributed by atoms with Gasteiger partial charge in [-0.3, -0.25) is 9.59 Å². The second-order valence-corrected chi connectivity index (χ2v) is 8.83. The Morgan fingerprint density at radius 3 is 2.30 bits per heavy atom. The Labute approximate surface area is 193 Å². The van der Waals surface area contributed by atoms with E-state index >= 15 is 0 Å². The molecule has 7 heteroatoms. The molecular weight excluding hydrogens is 420 g/mol. The highest BCUT2D eigenvalue weighted by Gasteiger charge is 2.32. The Balaban J connectivity index is 1.43. The summed E-state index contributed by atoms with van der Waals surface area (Å²) in [6, 6.07) is 15.3. The lowest BCUT2D eigenvalue weighted by molar-refractivity contribution is -0.139. The Morgan fingerprint density at radius 1 is 1.06 bits per heavy atom. The number of nitrogens with one attached hydrogen (secondary N) is 1. The number of amides is 2. The van der Waals surface area contributed by atoms with Gasteiger partial charge in [0.25, 0.3) is 0 Å². The molecular formula is C26H30N2O5. The number of carboxylic acids is 1. The first-order valence-electron chi connectivity index (χ1n) is 11.6. The topological polar surface area (TPSA) is 95.9 Å². The van der Waals surface area contributed by atoms with Crippen LogP contribution < -0.4 is 5.32 Å². The maximum absolute atomic E-state index is 13.1. The maximum atomic E-state index is 13.1. The standard InChI is InChI=1S/C26H30N2O5/c1-17-8-6-7-15-28(17)25(31)23(13-14-24(29)30)27-26(32)33-16-22-20-11-4-2-9-18(20)19-10-3-5-12-21(19)22/h2-5,9-12,17,22-23H,6-8,13-16H2,1H3,(H,27,32)(H,29,30). The number of benzene rings is 2. The van der Waals surface area contributed by atoms with E-state index < -0.39 is 18.1 Å². The molecule has 0 aromatic heterocycles. The molecule has 2 N–H and O–H groups in total. The highest BCUT2D eigenvalue weighted by molar-refractivity contribution is 5.86. The number of carbonyl (C=O) groups is 3. The molecule has 33 heavy (non-hydrogen) atoms. The van der Waals surface area contributed by atoms with Crippen LogP contribution in [0.3, 0.4) is 0 Å². The first-order valence-corrected chi connectivity index (χ1v) is 11.6. The molecule has 1 fully saturated rings. The van der Waals surface area contributed by atoms with Crippen LogP contribution in [0, 0.1) is 0 Å². The second-order valence-electron chi connectivity index (χ2n) is 8.83. The summed E-state index contributed by atoms with van der Waals surface area (Å²) in [5.74, 6) is -1.33. The van der Waals surface area contributed by atoms with E-state index in [-0.39, 0.29) is 37.3 Å². The van der Waals surface area contributed by atoms with Gasteiger partial charge in [-0.2, -0.15) is 0 Å². The summed E-state index contributed by atoms with van der Waals surface area (Å²) in [5.41, 5.74) is 4.48. The number of fused-ring (bicyclic) bond motifs is 3. The van der Waals surface area contributed by atoms with Gasteiger partial charge in [-0.1, -0.05) is 48.5 Å². The van der Waals surface area contributed by atoms with Crippen LogP contribution in [0.2, 0.25) is 0 Å². The number of likely N-dealkylation sites (tertiary alicyclic amines) is 1. The largest absolute Gasteiger partial charge is 0.481 e. The van der Waals surface area contributed by atoms with Crippen molar-refractivity contribution in [2.24, 2.45) is 0 Å². The highest BCUT2D eigenvalue weighted by Crippen LogP contribution is 2.44. The van der Waals surface area contributed by atoms with E-state index in [0.717, 1.165) is 41.5 Å². The molecule has 2 aliphatic rings. The van der Waals surface area contributed by atoms with Gasteiger partial charge in [-0.05, 0) is 54.9 Å². The van der Waals surface area contributed by atoms with Crippen molar-refractivity contribution in [2.75, 3.05) is 13.2 Å². The lowest BCUT2D eigenvalue weighted by Crippen LogP contribution is -2.53. The lowest BCUT2D eigenvalue weighted by atomic mass is 9.98. The SMILES string of the molecule is CC1CCCCN1C(=O)C(CCC(=O)O)NC(=O)OCC1c2ccccc2-c2ccccc21. The fourth-order valence-electron chi connectivity index (χ4n) is 4.93. The summed E-state index contributed by atoms with van der Waals surface area (Å²) >= 11 is 0. The zero-order valence-electron chi connectivity index (χ0n) is 18.8. The van der Waals surface area contributed by atoms with Crippen molar-refractivity contribution in [3.63, 3.8) is 0 Å². The van der Waals surface area contributed by atoms with Crippen LogP contribution in [0.1, 0.15) is 56.1 Å². The molecule has 7 nitrogen and oxygen atoms in total. The molecule has 4 rings (SSSR count). The van der Waals surface area contributed by atoms with Gasteiger partial charge in [0.15, 0.2) is 0 Å². The first kappa shape index (κ1) is 22.8. The van der Waals surface area contributed by atoms with Crippen LogP contribution in [-0.4, -0.2) is 53.2 Å². The minimum atomic E-state index is -1.01. The summed E-state index contributed by atoms with van der Waals surface area (Å²) in [5, 5.41) is 11.8. The Bertz CT molecular complexity index is 991. The van der Waals surface area contributed by atoms with Crippen molar-refractivity contribution in [3.8, 4) is 11.1 Å². The van der Waals surface area contributed by atoms with Crippen LogP contribution in [0.25, 0.3) is 11.1 Å². The van der Waals surface area contributed by atoms with Gasteiger partial charge >= 0.3 is 12.1 Å². The predicted octanol–water partition coefficient (Wildman–Crippen LogP) is 4.16. The number of hydrogen-bond acceptors (Lipinski definition) is 4. The molecule has 2 aromatic carbocycles. The third kappa shape index (κ3) is 5.02. The number of hydrogen-bond donors (Lipinski definition) is 2. The molecule has 174 valence electrons. The molecule has 1 heterocycles. The molecule has 0 saturated carbocycles. The fraction of sp³-hybridized carbons (Fsp3) is 0.423. The summed E-state index contributed by atoms with van der Waals surface area (Å²) in [7, 11) is 0. The summed E-state index contributed by atoms with van der Waals surface area (Å²) < 4.78 is 5.57. The van der Waals surface area contributed by atoms with Gasteiger partial charge in [0.1, 0.15) is 12.6 Å². The number of rotatable bonds is 7. The zero-order chi connectivity index (χ0) is 23.4. The van der Waals surface area contributed by atoms with E-state index in [4.69, 9.17) is 9.84 Å². The Hall–Kier alpha value is -3.35. The highest BCUT2D eigenvalue weighted by atomic mass is 16.5. The third-order valence-electron chi connectivity index (χ3n) is 6.67. The van der Waals surface area contributed by atoms with Crippen molar-refractivity contribution >= 4 is 18.0 Å². The minimum Gasteiger partial charge on any atom is -0.481 e. The van der Waals surface area contributed by atoms with Crippen LogP contribution in [-0.2, 0) is 14.3 Å². The van der Waals surface area contributed by atoms with Crippen LogP contribution in [0.4, 0.5) is 4.79 Å². The van der Waals surface area contributed by atoms with E-state index in [9.17, 15) is 14.4 Å². The van der Waals surface area contributed by atoms with Crippen molar-refractivity contribution in [1.29, 1.82) is 0 Å². The van der Waals surface area contributed by atoms with Gasteiger partial charge in [-0.25, -0.2) is 4.79 Å². The van der Waals surface area contributed by atoms with Crippen molar-refractivity contribution < 1.29 is 24.2 Å². The van der Waals surface area contributed by atoms with E-state index in [1.54, 1.807) is 4.90 Å². The minimum absolute atomic E-state index is 0.0293. The molecule has 0 bridgehead atoms. The average molecular weight is 451 g/mol. The smallest absolute Gasteiger partial charge is 0.407 e. The number of carbonyl (C=O) groups excluding carboxylic acids is 2. The molecule has 1 saturated heterocycles. The van der Waals surface area contributed by atoms with Gasteiger partial charge in [0.2, 0.25) is 5.91 Å². The molecule has 2 amide bonds. The van der Waals surface area contributed by atoms with E-state index in [2.05, 4.69) is 17.4 Å². The van der Waals surface area contributed by atoms with E-state index in [0.29, 0.717) is 6.54 Å². The molecule has 0 radical (unpaired) electrons. The number of carboxylic acid groups (broad SMARTS) is 1. The van der Waals surface area contributed by atoms with Crippen LogP contribution in [0.5, 0.6) is 0 Å². The summed E-state index contributed by atoms with van der Waals surface area (Å²) in [6.07, 6.45) is 1.99. The number of alkyl carbamates (subject to hydrolysis) is 1. The monoisotopic (exact) mass is 450 g/mol. The van der Waals surface area contributed by atoms with E-state index in [1.165, 1.54) is 0 Å². The van der Waals surface area contributed by atoms with Crippen molar-refractivity contribution in [2.45, 2.75) is 57.0 Å². The van der Waals surface area contributed by atoms with Gasteiger partial charge in [0.05, 0.1) is 0 Å². The molecule has 1 aliphatic heterocycles. The molecule has 0 spiro atoms. The lowest BCUT2D eigenvalue weighted by Gasteiger charge is -2.36. The van der Waals surface area contributed by atoms with Crippen molar-refractivity contribution in [3.05, 3.63) is 59.7 Å². The first-order chi connectivity index (χ1) is 16.0. The maximum Gasteiger partial charge on any atom is 0.407 e. The Morgan fingerprint density at radius 2 is 1.70 bits per heavy atom. The van der Waals surface area contributed by atoms with Crippen molar-refractivity contribution in [1.82, 2.24) is 10.2 Å². The number of piperidine rings is 1. The molecule has 2 unspecified atom stereocenters. The molecule has 2 atom stereocenters. The number of aliphatic carboxylic acids is 1. The Kier molecular flexibility index (Phi) is 6.96. The van der Waals surface area contributed by atoms with Crippen LogP contribution in [0.15, 0.2) is 48.5 Å². The normalized spacial score (nSPS) is 18.2. The number of ether oxygens (including phenoxy) is 1. The van der Waals surface area contributed by atoms with Gasteiger partial charge < -0.3 is 20.1 Å².